The highest BCUT2D eigenvalue weighted by Crippen LogP contribution is 2.31. The van der Waals surface area contributed by atoms with Crippen LogP contribution in [0.1, 0.15) is 15.9 Å². The van der Waals surface area contributed by atoms with E-state index in [1.54, 1.807) is 5.32 Å². The Kier molecular flexibility index (Phi) is 6.55. The summed E-state index contributed by atoms with van der Waals surface area (Å²) in [5.41, 5.74) is -3.80. The molecule has 34 heavy (non-hydrogen) atoms. The van der Waals surface area contributed by atoms with Gasteiger partial charge in [-0.15, -0.1) is 0 Å². The van der Waals surface area contributed by atoms with Crippen LogP contribution in [-0.4, -0.2) is 14.3 Å². The van der Waals surface area contributed by atoms with Crippen LogP contribution in [0.25, 0.3) is 0 Å². The first-order valence-corrected chi connectivity index (χ1v) is 10.3. The fourth-order valence-corrected chi connectivity index (χ4v) is 3.81. The molecule has 0 radical (unpaired) electrons. The zero-order valence-electron chi connectivity index (χ0n) is 16.3. The van der Waals surface area contributed by atoms with E-state index < -0.39 is 78.6 Å². The molecule has 14 heteroatoms. The van der Waals surface area contributed by atoms with Crippen LogP contribution >= 0.6 is 0 Å². The average molecular weight is 510 g/mol. The average Bonchev–Trinajstić information content (AvgIpc) is 2.76. The molecule has 0 unspecified atom stereocenters. The number of hydrogen-bond donors (Lipinski definition) is 2. The third kappa shape index (κ3) is 4.95. The number of carbonyl (C=O) groups excluding carboxylic acids is 1. The number of alkyl halides is 3. The van der Waals surface area contributed by atoms with Crippen molar-refractivity contribution in [1.29, 1.82) is 0 Å². The largest absolute Gasteiger partial charge is 0.416 e. The summed E-state index contributed by atoms with van der Waals surface area (Å²) in [6, 6.07) is 7.06. The van der Waals surface area contributed by atoms with Gasteiger partial charge in [0, 0.05) is 11.4 Å². The maximum Gasteiger partial charge on any atom is 0.416 e. The fraction of sp³-hybridized carbons (Fsp3) is 0.0500. The second-order valence-corrected chi connectivity index (χ2v) is 8.29. The Morgan fingerprint density at radius 3 is 1.85 bits per heavy atom. The van der Waals surface area contributed by atoms with E-state index in [0.717, 1.165) is 36.4 Å². The van der Waals surface area contributed by atoms with Gasteiger partial charge in [-0.05, 0) is 36.4 Å². The van der Waals surface area contributed by atoms with E-state index in [1.807, 2.05) is 4.72 Å². The summed E-state index contributed by atoms with van der Waals surface area (Å²) in [5, 5.41) is 1.80. The Balaban J connectivity index is 1.89. The summed E-state index contributed by atoms with van der Waals surface area (Å²) in [5.74, 6) is -13.8. The van der Waals surface area contributed by atoms with Crippen LogP contribution in [-0.2, 0) is 16.2 Å². The van der Waals surface area contributed by atoms with Gasteiger partial charge in [-0.2, -0.15) is 13.2 Å². The van der Waals surface area contributed by atoms with Crippen LogP contribution < -0.4 is 10.0 Å². The summed E-state index contributed by atoms with van der Waals surface area (Å²) in [6.45, 7) is 0. The molecule has 0 spiro atoms. The third-order valence-corrected chi connectivity index (χ3v) is 5.66. The van der Waals surface area contributed by atoms with Crippen LogP contribution in [0.2, 0.25) is 0 Å². The van der Waals surface area contributed by atoms with Gasteiger partial charge >= 0.3 is 6.18 Å². The molecule has 0 bridgehead atoms. The van der Waals surface area contributed by atoms with Crippen LogP contribution in [0.15, 0.2) is 53.4 Å². The highest BCUT2D eigenvalue weighted by Gasteiger charge is 2.31. The van der Waals surface area contributed by atoms with Gasteiger partial charge < -0.3 is 5.32 Å². The molecule has 1 amide bonds. The highest BCUT2D eigenvalue weighted by atomic mass is 32.2. The number of hydrogen-bond acceptors (Lipinski definition) is 3. The van der Waals surface area contributed by atoms with Crippen molar-refractivity contribution in [2.24, 2.45) is 0 Å². The lowest BCUT2D eigenvalue weighted by Crippen LogP contribution is -2.20. The van der Waals surface area contributed by atoms with E-state index in [9.17, 15) is 48.3 Å². The van der Waals surface area contributed by atoms with Gasteiger partial charge in [-0.25, -0.2) is 30.4 Å². The van der Waals surface area contributed by atoms with Gasteiger partial charge in [0.05, 0.1) is 10.5 Å². The molecule has 0 aliphatic carbocycles. The van der Waals surface area contributed by atoms with Gasteiger partial charge in [0.25, 0.3) is 15.9 Å². The molecule has 0 heterocycles. The Morgan fingerprint density at radius 2 is 1.26 bits per heavy atom. The van der Waals surface area contributed by atoms with Crippen LogP contribution in [0, 0.1) is 29.1 Å². The fourth-order valence-electron chi connectivity index (χ4n) is 2.71. The molecule has 0 aromatic heterocycles. The first kappa shape index (κ1) is 25.0. The Bertz CT molecular complexity index is 1360. The maximum atomic E-state index is 13.8. The first-order chi connectivity index (χ1) is 15.7. The molecule has 3 aromatic rings. The molecule has 3 rings (SSSR count). The number of amides is 1. The van der Waals surface area contributed by atoms with Crippen molar-refractivity contribution in [3.63, 3.8) is 0 Å². The number of anilines is 2. The molecular weight excluding hydrogens is 500 g/mol. The molecule has 0 saturated carbocycles. The zero-order valence-corrected chi connectivity index (χ0v) is 17.1. The molecule has 0 aliphatic heterocycles. The van der Waals surface area contributed by atoms with Crippen molar-refractivity contribution in [2.75, 3.05) is 10.0 Å². The predicted molar refractivity (Wildman–Crippen MR) is 103 cm³/mol. The molecule has 0 aliphatic rings. The van der Waals surface area contributed by atoms with Gasteiger partial charge in [0.15, 0.2) is 23.3 Å². The summed E-state index contributed by atoms with van der Waals surface area (Å²) < 4.78 is 133. The summed E-state index contributed by atoms with van der Waals surface area (Å²) >= 11 is 0. The zero-order chi connectivity index (χ0) is 25.4. The number of benzene rings is 3. The lowest BCUT2D eigenvalue weighted by atomic mass is 10.1. The standard InChI is InChI=1S/C20H10F8N2O3S/c21-14-13(15(22)17(24)18(25)16(14)23)19(31)29-10-4-2-6-12(8-10)34(32,33)30-11-5-1-3-9(7-11)20(26,27)28/h1-8,30H,(H,29,31). The molecule has 0 saturated heterocycles. The van der Waals surface area contributed by atoms with E-state index >= 15 is 0 Å². The van der Waals surface area contributed by atoms with E-state index in [4.69, 9.17) is 0 Å². The van der Waals surface area contributed by atoms with Gasteiger partial charge in [-0.1, -0.05) is 12.1 Å². The van der Waals surface area contributed by atoms with Crippen molar-refractivity contribution >= 4 is 27.3 Å². The third-order valence-electron chi connectivity index (χ3n) is 4.28. The summed E-state index contributed by atoms with van der Waals surface area (Å²) in [7, 11) is -4.52. The van der Waals surface area contributed by atoms with Crippen LogP contribution in [0.3, 0.4) is 0 Å². The molecule has 3 aromatic carbocycles. The number of carbonyl (C=O) groups is 1. The number of rotatable bonds is 5. The smallest absolute Gasteiger partial charge is 0.322 e. The number of sulfonamides is 1. The molecule has 180 valence electrons. The first-order valence-electron chi connectivity index (χ1n) is 8.85. The van der Waals surface area contributed by atoms with Gasteiger partial charge in [0.1, 0.15) is 5.56 Å². The second kappa shape index (κ2) is 8.93. The topological polar surface area (TPSA) is 75.3 Å². The summed E-state index contributed by atoms with van der Waals surface area (Å²) in [4.78, 5) is 11.5. The molecule has 5 nitrogen and oxygen atoms in total. The summed E-state index contributed by atoms with van der Waals surface area (Å²) in [6.07, 6.45) is -4.74. The quantitative estimate of drug-likeness (QED) is 0.272. The molecular formula is C20H10F8N2O3S. The molecule has 0 fully saturated rings. The van der Waals surface area contributed by atoms with E-state index in [1.165, 1.54) is 0 Å². The molecule has 0 atom stereocenters. The van der Waals surface area contributed by atoms with Crippen molar-refractivity contribution in [1.82, 2.24) is 0 Å². The number of halogens is 8. The van der Waals surface area contributed by atoms with Crippen molar-refractivity contribution in [2.45, 2.75) is 11.1 Å². The van der Waals surface area contributed by atoms with E-state index in [0.29, 0.717) is 12.1 Å². The van der Waals surface area contributed by atoms with Crippen LogP contribution in [0.5, 0.6) is 0 Å². The lowest BCUT2D eigenvalue weighted by Gasteiger charge is -2.13. The number of nitrogens with one attached hydrogen (secondary N) is 2. The van der Waals surface area contributed by atoms with Gasteiger partial charge in [-0.3, -0.25) is 9.52 Å². The van der Waals surface area contributed by atoms with Gasteiger partial charge in [0.2, 0.25) is 5.82 Å². The van der Waals surface area contributed by atoms with Crippen LogP contribution in [0.4, 0.5) is 46.5 Å². The monoisotopic (exact) mass is 510 g/mol. The predicted octanol–water partition coefficient (Wildman–Crippen LogP) is 5.45. The van der Waals surface area contributed by atoms with Crippen molar-refractivity contribution in [3.05, 3.63) is 88.7 Å². The Labute approximate surface area is 186 Å². The lowest BCUT2D eigenvalue weighted by molar-refractivity contribution is -0.137. The highest BCUT2D eigenvalue weighted by molar-refractivity contribution is 7.92. The maximum absolute atomic E-state index is 13.8. The molecule has 2 N–H and O–H groups in total. The Hall–Kier alpha value is -3.68. The van der Waals surface area contributed by atoms with E-state index in [-0.39, 0.29) is 0 Å². The Morgan fingerprint density at radius 1 is 0.735 bits per heavy atom. The minimum absolute atomic E-state index is 0.430. The van der Waals surface area contributed by atoms with E-state index in [2.05, 4.69) is 0 Å². The second-order valence-electron chi connectivity index (χ2n) is 6.61. The minimum Gasteiger partial charge on any atom is -0.322 e. The minimum atomic E-state index is -4.74. The van der Waals surface area contributed by atoms with Crippen molar-refractivity contribution < 1.29 is 48.3 Å². The normalized spacial score (nSPS) is 11.9. The van der Waals surface area contributed by atoms with Crippen molar-refractivity contribution in [3.8, 4) is 0 Å². The SMILES string of the molecule is O=C(Nc1cccc(S(=O)(=O)Nc2cccc(C(F)(F)F)c2)c1)c1c(F)c(F)c(F)c(F)c1F.